The van der Waals surface area contributed by atoms with Crippen molar-refractivity contribution >= 4 is 11.4 Å². The number of nitrogen functional groups attached to an aromatic ring is 1. The highest BCUT2D eigenvalue weighted by atomic mass is 16.1. The molecule has 5 nitrogen and oxygen atoms in total. The molecule has 5 heteroatoms. The van der Waals surface area contributed by atoms with E-state index in [4.69, 9.17) is 5.73 Å². The normalized spacial score (nSPS) is 10.3. The highest BCUT2D eigenvalue weighted by molar-refractivity contribution is 5.46. The van der Waals surface area contributed by atoms with Crippen LogP contribution in [0.25, 0.3) is 0 Å². The van der Waals surface area contributed by atoms with Gasteiger partial charge in [-0.2, -0.15) is 5.10 Å². The number of nitrogens with zero attached hydrogens (tertiary/aromatic N) is 3. The molecule has 2 rings (SSSR count). The predicted octanol–water partition coefficient (Wildman–Crippen LogP) is 0.940. The average Bonchev–Trinajstić information content (AvgIpc) is 2.34. The van der Waals surface area contributed by atoms with E-state index in [-0.39, 0.29) is 5.56 Å². The Kier molecular flexibility index (Phi) is 3.32. The predicted molar refractivity (Wildman–Crippen MR) is 72.8 cm³/mol. The molecule has 94 valence electrons. The average molecular weight is 244 g/mol. The Labute approximate surface area is 105 Å². The van der Waals surface area contributed by atoms with Gasteiger partial charge in [-0.1, -0.05) is 18.2 Å². The standard InChI is InChI=1S/C13H16N4O/c1-16(2)11-7-13(18)17(15-8-11)9-10-5-3-4-6-12(10)14/h3-8H,9,14H2,1-2H3. The van der Waals surface area contributed by atoms with Crippen molar-refractivity contribution in [3.63, 3.8) is 0 Å². The number of nitrogens with two attached hydrogens (primary N) is 1. The monoisotopic (exact) mass is 244 g/mol. The van der Waals surface area contributed by atoms with Crippen molar-refractivity contribution in [3.8, 4) is 0 Å². The number of hydrogen-bond acceptors (Lipinski definition) is 4. The van der Waals surface area contributed by atoms with Crippen LogP contribution in [0.4, 0.5) is 11.4 Å². The third kappa shape index (κ3) is 2.51. The summed E-state index contributed by atoms with van der Waals surface area (Å²) in [6.07, 6.45) is 1.67. The van der Waals surface area contributed by atoms with Crippen molar-refractivity contribution < 1.29 is 0 Å². The van der Waals surface area contributed by atoms with Gasteiger partial charge < -0.3 is 10.6 Å². The van der Waals surface area contributed by atoms with Gasteiger partial charge in [0.05, 0.1) is 18.4 Å². The molecule has 0 amide bonds. The first kappa shape index (κ1) is 12.2. The second kappa shape index (κ2) is 4.91. The minimum Gasteiger partial charge on any atom is -0.398 e. The Bertz CT molecular complexity index is 604. The first-order chi connectivity index (χ1) is 8.58. The number of benzene rings is 1. The molecule has 0 spiro atoms. The first-order valence-corrected chi connectivity index (χ1v) is 5.66. The van der Waals surface area contributed by atoms with Gasteiger partial charge in [-0.15, -0.1) is 0 Å². The Morgan fingerprint density at radius 1 is 1.33 bits per heavy atom. The van der Waals surface area contributed by atoms with E-state index >= 15 is 0 Å². The number of anilines is 2. The maximum Gasteiger partial charge on any atom is 0.269 e. The van der Waals surface area contributed by atoms with E-state index in [1.807, 2.05) is 43.3 Å². The van der Waals surface area contributed by atoms with Crippen LogP contribution in [0, 0.1) is 0 Å². The van der Waals surface area contributed by atoms with Crippen LogP contribution in [0.3, 0.4) is 0 Å². The molecule has 0 saturated heterocycles. The van der Waals surface area contributed by atoms with Crippen molar-refractivity contribution in [2.75, 3.05) is 24.7 Å². The zero-order chi connectivity index (χ0) is 13.1. The molecule has 18 heavy (non-hydrogen) atoms. The molecular formula is C13H16N4O. The summed E-state index contributed by atoms with van der Waals surface area (Å²) in [6.45, 7) is 0.388. The third-order valence-electron chi connectivity index (χ3n) is 2.75. The molecule has 0 aliphatic heterocycles. The minimum atomic E-state index is -0.135. The fourth-order valence-corrected chi connectivity index (χ4v) is 1.63. The lowest BCUT2D eigenvalue weighted by Crippen LogP contribution is -2.24. The van der Waals surface area contributed by atoms with Gasteiger partial charge in [0, 0.05) is 25.8 Å². The Hall–Kier alpha value is -2.30. The van der Waals surface area contributed by atoms with Crippen molar-refractivity contribution in [1.29, 1.82) is 0 Å². The summed E-state index contributed by atoms with van der Waals surface area (Å²) in [5.41, 5.74) is 8.06. The lowest BCUT2D eigenvalue weighted by molar-refractivity contribution is 0.639. The number of hydrogen-bond donors (Lipinski definition) is 1. The lowest BCUT2D eigenvalue weighted by atomic mass is 10.2. The van der Waals surface area contributed by atoms with Crippen LogP contribution in [-0.4, -0.2) is 23.9 Å². The molecule has 0 radical (unpaired) electrons. The SMILES string of the molecule is CN(C)c1cnn(Cc2ccccc2N)c(=O)c1. The van der Waals surface area contributed by atoms with Gasteiger partial charge in [-0.05, 0) is 11.6 Å². The molecule has 0 fully saturated rings. The van der Waals surface area contributed by atoms with Gasteiger partial charge in [0.15, 0.2) is 0 Å². The molecule has 0 saturated carbocycles. The largest absolute Gasteiger partial charge is 0.398 e. The molecule has 0 atom stereocenters. The summed E-state index contributed by atoms with van der Waals surface area (Å²) in [6, 6.07) is 9.03. The van der Waals surface area contributed by atoms with Crippen LogP contribution in [0.5, 0.6) is 0 Å². The van der Waals surface area contributed by atoms with E-state index in [2.05, 4.69) is 5.10 Å². The molecule has 2 aromatic rings. The maximum absolute atomic E-state index is 11.9. The molecule has 2 N–H and O–H groups in total. The second-order valence-electron chi connectivity index (χ2n) is 4.30. The number of para-hydroxylation sites is 1. The van der Waals surface area contributed by atoms with Gasteiger partial charge in [0.1, 0.15) is 0 Å². The van der Waals surface area contributed by atoms with Crippen LogP contribution < -0.4 is 16.2 Å². The number of aromatic nitrogens is 2. The van der Waals surface area contributed by atoms with Crippen molar-refractivity contribution in [1.82, 2.24) is 9.78 Å². The second-order valence-corrected chi connectivity index (χ2v) is 4.30. The van der Waals surface area contributed by atoms with E-state index in [1.165, 1.54) is 4.68 Å². The Morgan fingerprint density at radius 3 is 2.67 bits per heavy atom. The molecule has 0 aliphatic carbocycles. The fraction of sp³-hybridized carbons (Fsp3) is 0.231. The summed E-state index contributed by atoms with van der Waals surface area (Å²) < 4.78 is 1.40. The van der Waals surface area contributed by atoms with Gasteiger partial charge in [0.2, 0.25) is 0 Å². The third-order valence-corrected chi connectivity index (χ3v) is 2.75. The Morgan fingerprint density at radius 2 is 2.06 bits per heavy atom. The van der Waals surface area contributed by atoms with E-state index in [0.717, 1.165) is 11.3 Å². The van der Waals surface area contributed by atoms with Crippen LogP contribution in [0.1, 0.15) is 5.56 Å². The topological polar surface area (TPSA) is 64.2 Å². The summed E-state index contributed by atoms with van der Waals surface area (Å²) >= 11 is 0. The van der Waals surface area contributed by atoms with E-state index < -0.39 is 0 Å². The summed E-state index contributed by atoms with van der Waals surface area (Å²) in [4.78, 5) is 13.7. The van der Waals surface area contributed by atoms with Crippen LogP contribution in [-0.2, 0) is 6.54 Å². The molecular weight excluding hydrogens is 228 g/mol. The van der Waals surface area contributed by atoms with Gasteiger partial charge in [-0.25, -0.2) is 4.68 Å². The summed E-state index contributed by atoms with van der Waals surface area (Å²) in [5, 5.41) is 4.14. The van der Waals surface area contributed by atoms with Crippen LogP contribution >= 0.6 is 0 Å². The zero-order valence-corrected chi connectivity index (χ0v) is 10.5. The summed E-state index contributed by atoms with van der Waals surface area (Å²) in [7, 11) is 3.74. The van der Waals surface area contributed by atoms with Crippen LogP contribution in [0.15, 0.2) is 41.3 Å². The molecule has 0 bridgehead atoms. The van der Waals surface area contributed by atoms with Gasteiger partial charge in [-0.3, -0.25) is 4.79 Å². The molecule has 1 aromatic carbocycles. The minimum absolute atomic E-state index is 0.135. The quantitative estimate of drug-likeness (QED) is 0.816. The molecule has 0 aliphatic rings. The van der Waals surface area contributed by atoms with Crippen molar-refractivity contribution in [3.05, 3.63) is 52.4 Å². The zero-order valence-electron chi connectivity index (χ0n) is 10.5. The Balaban J connectivity index is 2.31. The van der Waals surface area contributed by atoms with E-state index in [0.29, 0.717) is 12.2 Å². The van der Waals surface area contributed by atoms with Crippen molar-refractivity contribution in [2.45, 2.75) is 6.54 Å². The highest BCUT2D eigenvalue weighted by Gasteiger charge is 2.04. The number of rotatable bonds is 3. The fourth-order valence-electron chi connectivity index (χ4n) is 1.63. The van der Waals surface area contributed by atoms with Crippen LogP contribution in [0.2, 0.25) is 0 Å². The first-order valence-electron chi connectivity index (χ1n) is 5.66. The molecule has 1 heterocycles. The van der Waals surface area contributed by atoms with E-state index in [9.17, 15) is 4.79 Å². The highest BCUT2D eigenvalue weighted by Crippen LogP contribution is 2.11. The van der Waals surface area contributed by atoms with Gasteiger partial charge >= 0.3 is 0 Å². The van der Waals surface area contributed by atoms with Crippen molar-refractivity contribution in [2.24, 2.45) is 0 Å². The van der Waals surface area contributed by atoms with E-state index in [1.54, 1.807) is 12.3 Å². The molecule has 1 aromatic heterocycles. The smallest absolute Gasteiger partial charge is 0.269 e. The maximum atomic E-state index is 11.9. The summed E-state index contributed by atoms with van der Waals surface area (Å²) in [5.74, 6) is 0. The van der Waals surface area contributed by atoms with Gasteiger partial charge in [0.25, 0.3) is 5.56 Å². The molecule has 0 unspecified atom stereocenters. The lowest BCUT2D eigenvalue weighted by Gasteiger charge is -2.12.